The van der Waals surface area contributed by atoms with Gasteiger partial charge in [-0.3, -0.25) is 9.59 Å². The van der Waals surface area contributed by atoms with Crippen LogP contribution in [0.5, 0.6) is 0 Å². The lowest BCUT2D eigenvalue weighted by molar-refractivity contribution is -0.666. The highest BCUT2D eigenvalue weighted by atomic mass is 32.1. The predicted molar refractivity (Wildman–Crippen MR) is 207 cm³/mol. The summed E-state index contributed by atoms with van der Waals surface area (Å²) in [5.41, 5.74) is 4.62. The van der Waals surface area contributed by atoms with Crippen molar-refractivity contribution in [3.63, 3.8) is 0 Å². The number of amides is 4. The van der Waals surface area contributed by atoms with Crippen LogP contribution in [0.15, 0.2) is 77.8 Å². The minimum absolute atomic E-state index is 0.110. The number of hydrogen-bond donors (Lipinski definition) is 4. The van der Waals surface area contributed by atoms with Gasteiger partial charge in [0.2, 0.25) is 11.4 Å². The average Bonchev–Trinajstić information content (AvgIpc) is 3.82. The molecule has 0 radical (unpaired) electrons. The standard InChI is InChI=1S/C38H50N6O5S2.CH2O3/c1-25(2)34(42-37(47)44(6)20-30-23-50-36(40-30)26(3)4)35(46)39-29(17-27-13-9-7-10-14-27)19-33(45)32(18-28-15-11-8-12-16-28)41-38(48)49-22-31-21-43(5)24-51-31;2-1-4-3/h7-16,21,23-26,29,32-34,45H,17-20,22H2,1-6H3,(H2-,39,41,42,46,47,48);1,3H/t29-,32-,33-,34-;/m0./s1. The number of carbonyl (C=O) groups excluding carboxylic acids is 4. The summed E-state index contributed by atoms with van der Waals surface area (Å²) in [7, 11) is 3.58. The Balaban J connectivity index is 0.00000193. The van der Waals surface area contributed by atoms with Gasteiger partial charge in [-0.1, -0.05) is 99.7 Å². The van der Waals surface area contributed by atoms with Crippen molar-refractivity contribution in [1.29, 1.82) is 0 Å². The van der Waals surface area contributed by atoms with Gasteiger partial charge in [0.05, 0.1) is 29.4 Å². The molecular weight excluding hydrogens is 745 g/mol. The van der Waals surface area contributed by atoms with E-state index in [-0.39, 0.29) is 37.4 Å². The molecule has 0 spiro atoms. The molecule has 4 aromatic rings. The first-order valence-electron chi connectivity index (χ1n) is 17.9. The molecule has 4 atom stereocenters. The van der Waals surface area contributed by atoms with Gasteiger partial charge in [-0.25, -0.2) is 14.6 Å². The zero-order valence-corrected chi connectivity index (χ0v) is 33.7. The second-order valence-corrected chi connectivity index (χ2v) is 15.6. The summed E-state index contributed by atoms with van der Waals surface area (Å²) in [6.45, 7) is 8.16. The normalized spacial score (nSPS) is 13.1. The number of aryl methyl sites for hydroxylation is 1. The lowest BCUT2D eigenvalue weighted by atomic mass is 9.93. The minimum atomic E-state index is -1.04. The van der Waals surface area contributed by atoms with Crippen molar-refractivity contribution < 1.29 is 43.7 Å². The molecule has 0 fully saturated rings. The predicted octanol–water partition coefficient (Wildman–Crippen LogP) is 3.77. The molecule has 4 rings (SSSR count). The molecule has 0 aliphatic rings. The SMILES string of the molecule is CC(C)c1nc(CN(C)C(=O)N[C@H](C(=O)N[C@@H](Cc2ccccc2)C[C@H](O)[C@H](Cc2ccccc2)NC(=O)OCc2c[n+](C)cs2)C(C)C)cs1.O=CO[O-]. The Morgan fingerprint density at radius 1 is 0.964 bits per heavy atom. The maximum absolute atomic E-state index is 13.9. The number of aliphatic hydroxyl groups is 1. The second-order valence-electron chi connectivity index (χ2n) is 13.8. The number of nitrogens with one attached hydrogen (secondary N) is 3. The van der Waals surface area contributed by atoms with E-state index in [1.165, 1.54) is 16.2 Å². The highest BCUT2D eigenvalue weighted by Gasteiger charge is 2.31. The van der Waals surface area contributed by atoms with Gasteiger partial charge in [0, 0.05) is 24.4 Å². The van der Waals surface area contributed by atoms with Crippen LogP contribution in [0.1, 0.15) is 66.7 Å². The van der Waals surface area contributed by atoms with Crippen LogP contribution < -0.4 is 25.8 Å². The molecule has 16 heteroatoms. The summed E-state index contributed by atoms with van der Waals surface area (Å²) >= 11 is 3.05. The molecule has 0 unspecified atom stereocenters. The third kappa shape index (κ3) is 15.8. The van der Waals surface area contributed by atoms with E-state index in [4.69, 9.17) is 14.8 Å². The van der Waals surface area contributed by atoms with Crippen LogP contribution in [-0.2, 0) is 52.3 Å². The Morgan fingerprint density at radius 2 is 1.58 bits per heavy atom. The Morgan fingerprint density at radius 3 is 2.11 bits per heavy atom. The van der Waals surface area contributed by atoms with E-state index in [0.29, 0.717) is 25.3 Å². The summed E-state index contributed by atoms with van der Waals surface area (Å²) in [5, 5.41) is 32.0. The molecule has 2 aromatic heterocycles. The molecule has 2 aromatic carbocycles. The van der Waals surface area contributed by atoms with Gasteiger partial charge in [-0.05, 0) is 36.3 Å². The number of thiazole rings is 2. The number of hydrogen-bond acceptors (Lipinski definition) is 11. The van der Waals surface area contributed by atoms with Gasteiger partial charge < -0.3 is 40.8 Å². The smallest absolute Gasteiger partial charge is 0.407 e. The topological polar surface area (TPSA) is 186 Å². The molecule has 0 aliphatic heterocycles. The van der Waals surface area contributed by atoms with Crippen molar-refractivity contribution in [3.05, 3.63) is 104 Å². The van der Waals surface area contributed by atoms with Gasteiger partial charge in [0.25, 0.3) is 6.47 Å². The van der Waals surface area contributed by atoms with Crippen LogP contribution in [0.4, 0.5) is 9.59 Å². The van der Waals surface area contributed by atoms with Gasteiger partial charge in [0.1, 0.15) is 24.6 Å². The Kier molecular flexibility index (Phi) is 18.7. The first-order valence-corrected chi connectivity index (χ1v) is 19.7. The van der Waals surface area contributed by atoms with E-state index in [0.717, 1.165) is 26.7 Å². The van der Waals surface area contributed by atoms with Crippen LogP contribution in [0.25, 0.3) is 0 Å². The van der Waals surface area contributed by atoms with E-state index in [9.17, 15) is 19.5 Å². The number of rotatable bonds is 18. The fourth-order valence-corrected chi connectivity index (χ4v) is 7.13. The summed E-state index contributed by atoms with van der Waals surface area (Å²) in [4.78, 5) is 58.5. The summed E-state index contributed by atoms with van der Waals surface area (Å²) in [6.07, 6.45) is 1.13. The lowest BCUT2D eigenvalue weighted by Crippen LogP contribution is -2.55. The summed E-state index contributed by atoms with van der Waals surface area (Å²) < 4.78 is 7.40. The van der Waals surface area contributed by atoms with Crippen molar-refractivity contribution in [2.75, 3.05) is 7.05 Å². The highest BCUT2D eigenvalue weighted by molar-refractivity contribution is 7.09. The molecular formula is C39H52N6O8S2. The number of aromatic nitrogens is 2. The average molecular weight is 797 g/mol. The second kappa shape index (κ2) is 23.1. The zero-order chi connectivity index (χ0) is 40.3. The van der Waals surface area contributed by atoms with Crippen molar-refractivity contribution in [1.82, 2.24) is 25.8 Å². The third-order valence-electron chi connectivity index (χ3n) is 8.40. The van der Waals surface area contributed by atoms with E-state index in [1.54, 1.807) is 18.4 Å². The van der Waals surface area contributed by atoms with Crippen molar-refractivity contribution >= 4 is 47.2 Å². The first-order chi connectivity index (χ1) is 26.3. The molecule has 298 valence electrons. The number of carbonyl (C=O) groups is 4. The van der Waals surface area contributed by atoms with E-state index >= 15 is 0 Å². The maximum atomic E-state index is 13.9. The number of urea groups is 1. The van der Waals surface area contributed by atoms with Gasteiger partial charge >= 0.3 is 12.1 Å². The maximum Gasteiger partial charge on any atom is 0.407 e. The largest absolute Gasteiger partial charge is 0.662 e. The Labute approximate surface area is 330 Å². The molecule has 4 amide bonds. The van der Waals surface area contributed by atoms with Crippen LogP contribution in [0.2, 0.25) is 0 Å². The number of aliphatic hydroxyl groups excluding tert-OH is 1. The molecule has 55 heavy (non-hydrogen) atoms. The number of nitrogens with zero attached hydrogens (tertiary/aromatic N) is 3. The fourth-order valence-electron chi connectivity index (χ4n) is 5.58. The van der Waals surface area contributed by atoms with E-state index < -0.39 is 30.3 Å². The molecule has 0 bridgehead atoms. The van der Waals surface area contributed by atoms with Gasteiger partial charge in [-0.2, -0.15) is 4.57 Å². The first kappa shape index (κ1) is 44.5. The molecule has 4 N–H and O–H groups in total. The highest BCUT2D eigenvalue weighted by Crippen LogP contribution is 2.20. The van der Waals surface area contributed by atoms with Crippen LogP contribution in [-0.4, -0.2) is 70.8 Å². The lowest BCUT2D eigenvalue weighted by Gasteiger charge is -2.30. The Bertz CT molecular complexity index is 1750. The molecule has 0 saturated carbocycles. The molecule has 0 saturated heterocycles. The van der Waals surface area contributed by atoms with Gasteiger partial charge in [-0.15, -0.1) is 11.3 Å². The number of ether oxygens (including phenoxy) is 1. The van der Waals surface area contributed by atoms with Crippen molar-refractivity contribution in [2.24, 2.45) is 13.0 Å². The van der Waals surface area contributed by atoms with E-state index in [2.05, 4.69) is 39.7 Å². The third-order valence-corrected chi connectivity index (χ3v) is 10.6. The zero-order valence-electron chi connectivity index (χ0n) is 32.0. The quantitative estimate of drug-likeness (QED) is 0.0504. The monoisotopic (exact) mass is 796 g/mol. The number of alkyl carbamates (subject to hydrolysis) is 1. The molecule has 14 nitrogen and oxygen atoms in total. The minimum Gasteiger partial charge on any atom is -0.662 e. The Hall–Kier alpha value is -4.90. The van der Waals surface area contributed by atoms with Crippen LogP contribution in [0.3, 0.4) is 0 Å². The fraction of sp³-hybridized carbons (Fsp3) is 0.436. The summed E-state index contributed by atoms with van der Waals surface area (Å²) in [5.74, 6) is -0.270. The summed E-state index contributed by atoms with van der Waals surface area (Å²) in [6, 6.07) is 16.9. The van der Waals surface area contributed by atoms with Gasteiger partial charge in [0.15, 0.2) is 6.20 Å². The van der Waals surface area contributed by atoms with Crippen LogP contribution in [0, 0.1) is 5.92 Å². The number of benzene rings is 2. The van der Waals surface area contributed by atoms with Crippen LogP contribution >= 0.6 is 22.7 Å². The van der Waals surface area contributed by atoms with Crippen molar-refractivity contribution in [3.8, 4) is 0 Å². The van der Waals surface area contributed by atoms with E-state index in [1.807, 2.05) is 103 Å². The van der Waals surface area contributed by atoms with Crippen molar-refractivity contribution in [2.45, 2.75) is 90.3 Å². The molecule has 2 heterocycles. The molecule has 0 aliphatic carbocycles.